The van der Waals surface area contributed by atoms with Crippen molar-refractivity contribution >= 4 is 51.2 Å². The lowest BCUT2D eigenvalue weighted by atomic mass is 10.1. The molecule has 4 amide bonds. The predicted octanol–water partition coefficient (Wildman–Crippen LogP) is 2.16. The zero-order valence-corrected chi connectivity index (χ0v) is 12.1. The number of nitrogens with one attached hydrogen (secondary N) is 1. The van der Waals surface area contributed by atoms with Crippen LogP contribution in [0.1, 0.15) is 4.88 Å². The summed E-state index contributed by atoms with van der Waals surface area (Å²) >= 11 is 4.68. The van der Waals surface area contributed by atoms with Crippen LogP contribution in [0.25, 0.3) is 6.08 Å². The van der Waals surface area contributed by atoms with Crippen molar-refractivity contribution in [2.75, 3.05) is 6.54 Å². The molecule has 98 valence electrons. The number of halogens is 1. The van der Waals surface area contributed by atoms with Gasteiger partial charge in [0, 0.05) is 11.4 Å². The minimum absolute atomic E-state index is 0.0589. The second-order valence-corrected chi connectivity index (χ2v) is 6.16. The van der Waals surface area contributed by atoms with Gasteiger partial charge in [0.25, 0.3) is 11.8 Å². The number of carbonyl (C=O) groups excluding carboxylic acids is 3. The number of hydrogen-bond donors (Lipinski definition) is 1. The van der Waals surface area contributed by atoms with Crippen LogP contribution in [0.3, 0.4) is 0 Å². The molecule has 0 bridgehead atoms. The number of hydrogen-bond acceptors (Lipinski definition) is 4. The van der Waals surface area contributed by atoms with E-state index in [1.807, 2.05) is 6.07 Å². The maximum absolute atomic E-state index is 12.1. The normalized spacial score (nSPS) is 17.8. The summed E-state index contributed by atoms with van der Waals surface area (Å²) in [7, 11) is 0. The van der Waals surface area contributed by atoms with Crippen LogP contribution in [-0.4, -0.2) is 29.3 Å². The van der Waals surface area contributed by atoms with Crippen molar-refractivity contribution in [1.29, 1.82) is 0 Å². The highest BCUT2D eigenvalue weighted by atomic mass is 79.9. The number of rotatable bonds is 3. The maximum atomic E-state index is 12.1. The molecular formula is C12H9BrN2O3S. The molecule has 0 spiro atoms. The summed E-state index contributed by atoms with van der Waals surface area (Å²) in [5.41, 5.74) is -0.0594. The first-order valence-corrected chi connectivity index (χ1v) is 6.89. The summed E-state index contributed by atoms with van der Waals surface area (Å²) in [6.45, 7) is 3.53. The third-order valence-electron chi connectivity index (χ3n) is 2.38. The number of urea groups is 1. The standard InChI is InChI=1S/C12H9BrN2O3S/c1-2-5-15-11(17)8(10(16)14-12(15)18)6-7-3-4-9(13)19-7/h2-4,6H,1,5H2,(H,14,16,18). The van der Waals surface area contributed by atoms with E-state index in [2.05, 4.69) is 27.8 Å². The first-order valence-electron chi connectivity index (χ1n) is 5.28. The Balaban J connectivity index is 2.35. The molecule has 1 fully saturated rings. The molecule has 0 saturated carbocycles. The van der Waals surface area contributed by atoms with Crippen molar-refractivity contribution in [2.45, 2.75) is 0 Å². The second-order valence-electron chi connectivity index (χ2n) is 3.66. The average molecular weight is 341 g/mol. The van der Waals surface area contributed by atoms with Gasteiger partial charge in [-0.05, 0) is 34.1 Å². The van der Waals surface area contributed by atoms with Gasteiger partial charge in [-0.25, -0.2) is 4.79 Å². The number of barbiturate groups is 1. The Bertz CT molecular complexity index is 606. The Hall–Kier alpha value is -1.73. The van der Waals surface area contributed by atoms with Crippen molar-refractivity contribution in [3.8, 4) is 0 Å². The summed E-state index contributed by atoms with van der Waals surface area (Å²) in [5.74, 6) is -1.29. The van der Waals surface area contributed by atoms with Crippen LogP contribution in [0.2, 0.25) is 0 Å². The summed E-state index contributed by atoms with van der Waals surface area (Å²) in [6.07, 6.45) is 2.89. The molecule has 1 N–H and O–H groups in total. The van der Waals surface area contributed by atoms with E-state index in [1.54, 1.807) is 6.07 Å². The number of imide groups is 2. The molecule has 0 aromatic carbocycles. The van der Waals surface area contributed by atoms with Crippen LogP contribution in [0.4, 0.5) is 4.79 Å². The minimum atomic E-state index is -0.723. The topological polar surface area (TPSA) is 66.5 Å². The zero-order valence-electron chi connectivity index (χ0n) is 9.68. The Morgan fingerprint density at radius 3 is 2.68 bits per heavy atom. The highest BCUT2D eigenvalue weighted by molar-refractivity contribution is 9.11. The van der Waals surface area contributed by atoms with Crippen molar-refractivity contribution < 1.29 is 14.4 Å². The summed E-state index contributed by atoms with van der Waals surface area (Å²) in [4.78, 5) is 36.9. The molecule has 1 aromatic heterocycles. The average Bonchev–Trinajstić information content (AvgIpc) is 2.76. The third kappa shape index (κ3) is 2.82. The van der Waals surface area contributed by atoms with Crippen LogP contribution in [-0.2, 0) is 9.59 Å². The molecule has 2 rings (SSSR count). The van der Waals surface area contributed by atoms with Crippen molar-refractivity contribution in [1.82, 2.24) is 10.2 Å². The third-order valence-corrected chi connectivity index (χ3v) is 3.95. The molecule has 0 aliphatic carbocycles. The van der Waals surface area contributed by atoms with Gasteiger partial charge in [0.05, 0.1) is 3.79 Å². The largest absolute Gasteiger partial charge is 0.331 e. The van der Waals surface area contributed by atoms with Crippen LogP contribution in [0.15, 0.2) is 34.1 Å². The lowest BCUT2D eigenvalue weighted by Crippen LogP contribution is -2.54. The number of carbonyl (C=O) groups is 3. The lowest BCUT2D eigenvalue weighted by molar-refractivity contribution is -0.129. The fourth-order valence-electron chi connectivity index (χ4n) is 1.54. The Morgan fingerprint density at radius 1 is 1.37 bits per heavy atom. The first kappa shape index (κ1) is 13.7. The molecule has 1 aromatic rings. The summed E-state index contributed by atoms with van der Waals surface area (Å²) in [5, 5.41) is 2.13. The molecule has 19 heavy (non-hydrogen) atoms. The van der Waals surface area contributed by atoms with Gasteiger partial charge in [-0.15, -0.1) is 17.9 Å². The van der Waals surface area contributed by atoms with Gasteiger partial charge >= 0.3 is 6.03 Å². The highest BCUT2D eigenvalue weighted by Gasteiger charge is 2.34. The highest BCUT2D eigenvalue weighted by Crippen LogP contribution is 2.25. The van der Waals surface area contributed by atoms with E-state index in [9.17, 15) is 14.4 Å². The number of amides is 4. The molecule has 7 heteroatoms. The zero-order chi connectivity index (χ0) is 14.0. The molecule has 0 atom stereocenters. The van der Waals surface area contributed by atoms with Gasteiger partial charge in [0.1, 0.15) is 5.57 Å². The smallest absolute Gasteiger partial charge is 0.273 e. The van der Waals surface area contributed by atoms with E-state index in [4.69, 9.17) is 0 Å². The van der Waals surface area contributed by atoms with Crippen LogP contribution in [0, 0.1) is 0 Å². The molecule has 5 nitrogen and oxygen atoms in total. The Kier molecular flexibility index (Phi) is 3.96. The van der Waals surface area contributed by atoms with Crippen molar-refractivity contribution in [3.05, 3.63) is 39.0 Å². The molecule has 0 unspecified atom stereocenters. The predicted molar refractivity (Wildman–Crippen MR) is 75.4 cm³/mol. The fourth-order valence-corrected chi connectivity index (χ4v) is 2.90. The van der Waals surface area contributed by atoms with Crippen LogP contribution in [0.5, 0.6) is 0 Å². The molecule has 1 aliphatic heterocycles. The van der Waals surface area contributed by atoms with Gasteiger partial charge in [0.2, 0.25) is 0 Å². The lowest BCUT2D eigenvalue weighted by Gasteiger charge is -2.24. The number of nitrogens with zero attached hydrogens (tertiary/aromatic N) is 1. The van der Waals surface area contributed by atoms with E-state index >= 15 is 0 Å². The Labute approximate surface area is 121 Å². The van der Waals surface area contributed by atoms with Gasteiger partial charge in [-0.3, -0.25) is 19.8 Å². The van der Waals surface area contributed by atoms with E-state index < -0.39 is 17.8 Å². The maximum Gasteiger partial charge on any atom is 0.331 e. The van der Waals surface area contributed by atoms with Gasteiger partial charge in [-0.1, -0.05) is 6.08 Å². The van der Waals surface area contributed by atoms with Gasteiger partial charge < -0.3 is 0 Å². The quantitative estimate of drug-likeness (QED) is 0.521. The minimum Gasteiger partial charge on any atom is -0.273 e. The molecular weight excluding hydrogens is 332 g/mol. The van der Waals surface area contributed by atoms with E-state index in [1.165, 1.54) is 23.5 Å². The van der Waals surface area contributed by atoms with Crippen molar-refractivity contribution in [2.24, 2.45) is 0 Å². The summed E-state index contributed by atoms with van der Waals surface area (Å²) in [6, 6.07) is 2.87. The van der Waals surface area contributed by atoms with Crippen LogP contribution >= 0.6 is 27.3 Å². The van der Waals surface area contributed by atoms with E-state index in [-0.39, 0.29) is 12.1 Å². The van der Waals surface area contributed by atoms with Crippen molar-refractivity contribution in [3.63, 3.8) is 0 Å². The molecule has 1 saturated heterocycles. The fraction of sp³-hybridized carbons (Fsp3) is 0.0833. The second kappa shape index (κ2) is 5.50. The SMILES string of the molecule is C=CCN1C(=O)NC(=O)C(=Cc2ccc(Br)s2)C1=O. The van der Waals surface area contributed by atoms with Gasteiger partial charge in [-0.2, -0.15) is 0 Å². The summed E-state index contributed by atoms with van der Waals surface area (Å²) < 4.78 is 0.891. The molecule has 1 aliphatic rings. The first-order chi connectivity index (χ1) is 9.02. The number of thiophene rings is 1. The molecule has 2 heterocycles. The molecule has 0 radical (unpaired) electrons. The van der Waals surface area contributed by atoms with E-state index in [0.717, 1.165) is 13.6 Å². The Morgan fingerprint density at radius 2 is 2.11 bits per heavy atom. The van der Waals surface area contributed by atoms with Crippen LogP contribution < -0.4 is 5.32 Å². The van der Waals surface area contributed by atoms with Gasteiger partial charge in [0.15, 0.2) is 0 Å². The monoisotopic (exact) mass is 340 g/mol. The van der Waals surface area contributed by atoms with E-state index in [0.29, 0.717) is 0 Å².